The number of amides is 1. The number of ether oxygens (including phenoxy) is 1. The summed E-state index contributed by atoms with van der Waals surface area (Å²) in [5, 5.41) is 1.72. The number of nitrogens with zero attached hydrogens (tertiary/aromatic N) is 2. The lowest BCUT2D eigenvalue weighted by molar-refractivity contribution is -0.133. The number of likely N-dealkylation sites (N-methyl/N-ethyl adjacent to an activating group) is 1. The van der Waals surface area contributed by atoms with E-state index in [1.165, 1.54) is 34.0 Å². The predicted octanol–water partition coefficient (Wildman–Crippen LogP) is 4.72. The molecule has 0 bridgehead atoms. The Hall–Kier alpha value is -2.07. The van der Waals surface area contributed by atoms with E-state index < -0.39 is 10.0 Å². The fourth-order valence-corrected chi connectivity index (χ4v) is 6.13. The standard InChI is InChI=1S/C20H21ClN2O4S3/c1-3-23(13-17-10-11-18(21)29-17)19(24)14-27-16-8-6-15(7-9-16)22(2)30(25,26)20-5-4-12-28-20/h4-12H,3,13-14H2,1-2H3. The topological polar surface area (TPSA) is 66.9 Å². The van der Waals surface area contributed by atoms with Crippen molar-refractivity contribution >= 4 is 55.9 Å². The summed E-state index contributed by atoms with van der Waals surface area (Å²) >= 11 is 8.57. The lowest BCUT2D eigenvalue weighted by Crippen LogP contribution is -2.34. The lowest BCUT2D eigenvalue weighted by atomic mass is 10.3. The SMILES string of the molecule is CCN(Cc1ccc(Cl)s1)C(=O)COc1ccc(N(C)S(=O)(=O)c2cccs2)cc1. The summed E-state index contributed by atoms with van der Waals surface area (Å²) in [5.74, 6) is 0.354. The van der Waals surface area contributed by atoms with Crippen molar-refractivity contribution < 1.29 is 17.9 Å². The van der Waals surface area contributed by atoms with Crippen LogP contribution >= 0.6 is 34.3 Å². The first kappa shape index (κ1) is 22.6. The van der Waals surface area contributed by atoms with E-state index in [1.54, 1.807) is 46.7 Å². The molecule has 0 atom stereocenters. The molecule has 1 aromatic carbocycles. The molecular formula is C20H21ClN2O4S3. The Kier molecular flexibility index (Phi) is 7.41. The van der Waals surface area contributed by atoms with Gasteiger partial charge in [0.2, 0.25) is 0 Å². The summed E-state index contributed by atoms with van der Waals surface area (Å²) in [6.45, 7) is 2.85. The maximum absolute atomic E-state index is 12.6. The average molecular weight is 485 g/mol. The van der Waals surface area contributed by atoms with Crippen LogP contribution in [0.2, 0.25) is 4.34 Å². The molecule has 30 heavy (non-hydrogen) atoms. The largest absolute Gasteiger partial charge is 0.484 e. The number of halogens is 1. The van der Waals surface area contributed by atoms with E-state index in [1.807, 2.05) is 19.1 Å². The van der Waals surface area contributed by atoms with Gasteiger partial charge in [-0.05, 0) is 54.8 Å². The maximum Gasteiger partial charge on any atom is 0.273 e. The first-order valence-corrected chi connectivity index (χ1v) is 12.6. The number of carbonyl (C=O) groups excluding carboxylic acids is 1. The van der Waals surface area contributed by atoms with Crippen LogP contribution in [0.1, 0.15) is 11.8 Å². The summed E-state index contributed by atoms with van der Waals surface area (Å²) in [6, 6.07) is 13.6. The van der Waals surface area contributed by atoms with Crippen LogP contribution in [-0.4, -0.2) is 39.4 Å². The van der Waals surface area contributed by atoms with Crippen LogP contribution in [0.15, 0.2) is 58.1 Å². The summed E-state index contributed by atoms with van der Waals surface area (Å²) in [7, 11) is -2.08. The van der Waals surface area contributed by atoms with Gasteiger partial charge in [0.25, 0.3) is 15.9 Å². The molecule has 1 amide bonds. The van der Waals surface area contributed by atoms with E-state index in [4.69, 9.17) is 16.3 Å². The van der Waals surface area contributed by atoms with Crippen molar-refractivity contribution in [2.45, 2.75) is 17.7 Å². The van der Waals surface area contributed by atoms with Crippen LogP contribution in [0.3, 0.4) is 0 Å². The van der Waals surface area contributed by atoms with Crippen LogP contribution in [-0.2, 0) is 21.4 Å². The van der Waals surface area contributed by atoms with Crippen LogP contribution < -0.4 is 9.04 Å². The summed E-state index contributed by atoms with van der Waals surface area (Å²) < 4.78 is 33.0. The van der Waals surface area contributed by atoms with Gasteiger partial charge in [0.1, 0.15) is 9.96 Å². The zero-order chi connectivity index (χ0) is 21.7. The molecule has 0 aliphatic heterocycles. The third-order valence-electron chi connectivity index (χ3n) is 4.38. The fourth-order valence-electron chi connectivity index (χ4n) is 2.67. The number of rotatable bonds is 9. The molecule has 0 saturated carbocycles. The second-order valence-corrected chi connectivity index (χ2v) is 11.2. The fraction of sp³-hybridized carbons (Fsp3) is 0.250. The molecule has 0 aliphatic rings. The van der Waals surface area contributed by atoms with Crippen molar-refractivity contribution in [3.63, 3.8) is 0 Å². The van der Waals surface area contributed by atoms with E-state index in [-0.39, 0.29) is 16.7 Å². The molecule has 0 aliphatic carbocycles. The molecule has 2 heterocycles. The van der Waals surface area contributed by atoms with Gasteiger partial charge >= 0.3 is 0 Å². The molecule has 0 saturated heterocycles. The normalized spacial score (nSPS) is 11.3. The number of benzene rings is 1. The van der Waals surface area contributed by atoms with Crippen molar-refractivity contribution in [2.75, 3.05) is 24.5 Å². The highest BCUT2D eigenvalue weighted by Gasteiger charge is 2.22. The van der Waals surface area contributed by atoms with Crippen molar-refractivity contribution in [3.8, 4) is 5.75 Å². The highest BCUT2D eigenvalue weighted by molar-refractivity contribution is 7.94. The van der Waals surface area contributed by atoms with Crippen LogP contribution in [0.5, 0.6) is 5.75 Å². The van der Waals surface area contributed by atoms with Gasteiger partial charge in [0, 0.05) is 18.5 Å². The van der Waals surface area contributed by atoms with Crippen LogP contribution in [0, 0.1) is 0 Å². The molecule has 0 N–H and O–H groups in total. The van der Waals surface area contributed by atoms with E-state index in [0.717, 1.165) is 4.88 Å². The van der Waals surface area contributed by atoms with Gasteiger partial charge < -0.3 is 9.64 Å². The quantitative estimate of drug-likeness (QED) is 0.441. The van der Waals surface area contributed by atoms with Gasteiger partial charge in [-0.2, -0.15) is 0 Å². The maximum atomic E-state index is 12.6. The summed E-state index contributed by atoms with van der Waals surface area (Å²) in [4.78, 5) is 15.2. The van der Waals surface area contributed by atoms with E-state index in [9.17, 15) is 13.2 Å². The van der Waals surface area contributed by atoms with Gasteiger partial charge in [-0.3, -0.25) is 9.10 Å². The summed E-state index contributed by atoms with van der Waals surface area (Å²) in [6.07, 6.45) is 0. The molecule has 0 radical (unpaired) electrons. The smallest absolute Gasteiger partial charge is 0.273 e. The highest BCUT2D eigenvalue weighted by atomic mass is 35.5. The minimum atomic E-state index is -3.59. The van der Waals surface area contributed by atoms with E-state index in [0.29, 0.717) is 28.9 Å². The minimum absolute atomic E-state index is 0.102. The molecule has 3 rings (SSSR count). The number of hydrogen-bond acceptors (Lipinski definition) is 6. The lowest BCUT2D eigenvalue weighted by Gasteiger charge is -2.21. The van der Waals surface area contributed by atoms with Gasteiger partial charge in [-0.1, -0.05) is 17.7 Å². The number of anilines is 1. The van der Waals surface area contributed by atoms with Gasteiger partial charge in [0.15, 0.2) is 6.61 Å². The molecule has 0 unspecified atom stereocenters. The number of carbonyl (C=O) groups is 1. The molecule has 2 aromatic heterocycles. The molecular weight excluding hydrogens is 464 g/mol. The molecule has 3 aromatic rings. The van der Waals surface area contributed by atoms with E-state index in [2.05, 4.69) is 0 Å². The number of sulfonamides is 1. The highest BCUT2D eigenvalue weighted by Crippen LogP contribution is 2.27. The summed E-state index contributed by atoms with van der Waals surface area (Å²) in [5.41, 5.74) is 0.506. The Bertz CT molecular complexity index is 1080. The monoisotopic (exact) mass is 484 g/mol. The molecule has 10 heteroatoms. The van der Waals surface area contributed by atoms with Crippen molar-refractivity contribution in [1.29, 1.82) is 0 Å². The Labute approximate surface area is 189 Å². The molecule has 160 valence electrons. The van der Waals surface area contributed by atoms with Gasteiger partial charge in [0.05, 0.1) is 16.6 Å². The Morgan fingerprint density at radius 1 is 1.13 bits per heavy atom. The zero-order valence-corrected chi connectivity index (χ0v) is 19.7. The van der Waals surface area contributed by atoms with Gasteiger partial charge in [-0.15, -0.1) is 22.7 Å². The van der Waals surface area contributed by atoms with Crippen molar-refractivity contribution in [3.05, 3.63) is 63.1 Å². The Morgan fingerprint density at radius 3 is 2.43 bits per heavy atom. The predicted molar refractivity (Wildman–Crippen MR) is 122 cm³/mol. The molecule has 6 nitrogen and oxygen atoms in total. The van der Waals surface area contributed by atoms with Gasteiger partial charge in [-0.25, -0.2) is 8.42 Å². The van der Waals surface area contributed by atoms with Crippen LogP contribution in [0.25, 0.3) is 0 Å². The molecule has 0 spiro atoms. The second-order valence-electron chi connectivity index (χ2n) is 6.30. The van der Waals surface area contributed by atoms with E-state index >= 15 is 0 Å². The first-order valence-electron chi connectivity index (χ1n) is 9.08. The third-order valence-corrected chi connectivity index (χ3v) is 8.76. The number of hydrogen-bond donors (Lipinski definition) is 0. The average Bonchev–Trinajstić information content (AvgIpc) is 3.42. The van der Waals surface area contributed by atoms with Crippen LogP contribution in [0.4, 0.5) is 5.69 Å². The Morgan fingerprint density at radius 2 is 1.87 bits per heavy atom. The minimum Gasteiger partial charge on any atom is -0.484 e. The second kappa shape index (κ2) is 9.82. The Balaban J connectivity index is 1.59. The third kappa shape index (κ3) is 5.34. The number of thiophene rings is 2. The zero-order valence-electron chi connectivity index (χ0n) is 16.4. The van der Waals surface area contributed by atoms with Crippen molar-refractivity contribution in [1.82, 2.24) is 4.90 Å². The first-order chi connectivity index (χ1) is 14.3. The van der Waals surface area contributed by atoms with Crippen molar-refractivity contribution in [2.24, 2.45) is 0 Å². The molecule has 0 fully saturated rings.